The van der Waals surface area contributed by atoms with E-state index in [1.54, 1.807) is 18.7 Å². The summed E-state index contributed by atoms with van der Waals surface area (Å²) in [4.78, 5) is 37.2. The van der Waals surface area contributed by atoms with Crippen molar-refractivity contribution in [1.29, 1.82) is 0 Å². The Hall–Kier alpha value is -1.59. The van der Waals surface area contributed by atoms with Gasteiger partial charge in [0, 0.05) is 18.0 Å². The summed E-state index contributed by atoms with van der Waals surface area (Å²) in [5, 5.41) is 11.7. The molecule has 1 rings (SSSR count). The highest BCUT2D eigenvalue weighted by molar-refractivity contribution is 5.90. The largest absolute Gasteiger partial charge is 0.481 e. The molecule has 1 aliphatic rings. The third-order valence-corrected chi connectivity index (χ3v) is 3.97. The number of rotatable bonds is 4. The van der Waals surface area contributed by atoms with Crippen LogP contribution in [0.2, 0.25) is 0 Å². The number of carbonyl (C=O) groups is 3. The molecule has 3 unspecified atom stereocenters. The molecule has 0 radical (unpaired) electrons. The summed E-state index contributed by atoms with van der Waals surface area (Å²) in [7, 11) is 0. The summed E-state index contributed by atoms with van der Waals surface area (Å²) in [6, 6.07) is -0.956. The third kappa shape index (κ3) is 4.19. The number of carboxylic acid groups (broad SMARTS) is 1. The molecule has 6 nitrogen and oxygen atoms in total. The molecule has 3 atom stereocenters. The molecule has 2 amide bonds. The lowest BCUT2D eigenvalue weighted by atomic mass is 9.94. The van der Waals surface area contributed by atoms with Crippen molar-refractivity contribution in [1.82, 2.24) is 10.2 Å². The number of hydrogen-bond donors (Lipinski definition) is 2. The van der Waals surface area contributed by atoms with Gasteiger partial charge in [-0.05, 0) is 26.7 Å². The van der Waals surface area contributed by atoms with Crippen LogP contribution >= 0.6 is 0 Å². The number of carbonyl (C=O) groups excluding carboxylic acids is 2. The minimum absolute atomic E-state index is 0.0425. The minimum Gasteiger partial charge on any atom is -0.481 e. The Morgan fingerprint density at radius 3 is 2.29 bits per heavy atom. The predicted molar refractivity (Wildman–Crippen MR) is 78.6 cm³/mol. The predicted octanol–water partition coefficient (Wildman–Crippen LogP) is 1.25. The smallest absolute Gasteiger partial charge is 0.308 e. The molecule has 2 N–H and O–H groups in total. The van der Waals surface area contributed by atoms with Crippen LogP contribution in [0.1, 0.15) is 47.5 Å². The topological polar surface area (TPSA) is 86.7 Å². The van der Waals surface area contributed by atoms with Crippen LogP contribution in [0, 0.1) is 11.3 Å². The lowest BCUT2D eigenvalue weighted by Crippen LogP contribution is -2.52. The van der Waals surface area contributed by atoms with Gasteiger partial charge in [0.1, 0.15) is 6.04 Å². The molecule has 0 saturated carbocycles. The molecule has 1 aliphatic heterocycles. The van der Waals surface area contributed by atoms with E-state index in [0.717, 1.165) is 6.42 Å². The summed E-state index contributed by atoms with van der Waals surface area (Å²) in [5.41, 5.74) is -0.525. The van der Waals surface area contributed by atoms with Gasteiger partial charge in [0.15, 0.2) is 0 Å². The molecule has 1 heterocycles. The first-order valence-electron chi connectivity index (χ1n) is 7.40. The van der Waals surface area contributed by atoms with Gasteiger partial charge in [-0.1, -0.05) is 20.8 Å². The Morgan fingerprint density at radius 1 is 1.24 bits per heavy atom. The van der Waals surface area contributed by atoms with E-state index in [4.69, 9.17) is 5.11 Å². The second-order valence-electron chi connectivity index (χ2n) is 6.83. The van der Waals surface area contributed by atoms with Gasteiger partial charge in [0.05, 0.1) is 5.92 Å². The zero-order valence-corrected chi connectivity index (χ0v) is 13.5. The van der Waals surface area contributed by atoms with E-state index in [9.17, 15) is 14.4 Å². The van der Waals surface area contributed by atoms with E-state index in [0.29, 0.717) is 13.0 Å². The number of carboxylic acids is 1. The van der Waals surface area contributed by atoms with Gasteiger partial charge >= 0.3 is 5.97 Å². The highest BCUT2D eigenvalue weighted by Crippen LogP contribution is 2.25. The Kier molecular flexibility index (Phi) is 5.36. The van der Waals surface area contributed by atoms with E-state index in [-0.39, 0.29) is 11.8 Å². The molecule has 0 aromatic heterocycles. The molecule has 0 aliphatic carbocycles. The van der Waals surface area contributed by atoms with Crippen LogP contribution in [0.4, 0.5) is 0 Å². The number of likely N-dealkylation sites (tertiary alicyclic amines) is 1. The van der Waals surface area contributed by atoms with Gasteiger partial charge in [-0.3, -0.25) is 14.4 Å². The van der Waals surface area contributed by atoms with Crippen LogP contribution in [0.15, 0.2) is 0 Å². The number of amides is 2. The highest BCUT2D eigenvalue weighted by Gasteiger charge is 2.39. The molecule has 0 aromatic carbocycles. The lowest BCUT2D eigenvalue weighted by Gasteiger charge is -2.31. The Bertz CT molecular complexity index is 428. The van der Waals surface area contributed by atoms with Crippen LogP contribution in [0.25, 0.3) is 0 Å². The normalized spacial score (nSPS) is 21.8. The highest BCUT2D eigenvalue weighted by atomic mass is 16.4. The second-order valence-corrected chi connectivity index (χ2v) is 6.83. The monoisotopic (exact) mass is 298 g/mol. The van der Waals surface area contributed by atoms with E-state index in [1.807, 2.05) is 20.8 Å². The zero-order chi connectivity index (χ0) is 16.4. The van der Waals surface area contributed by atoms with Crippen LogP contribution < -0.4 is 5.32 Å². The summed E-state index contributed by atoms with van der Waals surface area (Å²) in [6.45, 7) is 9.30. The van der Waals surface area contributed by atoms with Crippen molar-refractivity contribution >= 4 is 17.8 Å². The van der Waals surface area contributed by atoms with Gasteiger partial charge in [0.25, 0.3) is 0 Å². The van der Waals surface area contributed by atoms with Crippen LogP contribution in [0.3, 0.4) is 0 Å². The fourth-order valence-electron chi connectivity index (χ4n) is 2.37. The number of aliphatic carboxylic acids is 1. The third-order valence-electron chi connectivity index (χ3n) is 3.97. The van der Waals surface area contributed by atoms with Crippen molar-refractivity contribution < 1.29 is 19.5 Å². The van der Waals surface area contributed by atoms with Gasteiger partial charge in [-0.25, -0.2) is 0 Å². The first kappa shape index (κ1) is 17.5. The van der Waals surface area contributed by atoms with Crippen molar-refractivity contribution in [3.8, 4) is 0 Å². The number of nitrogens with zero attached hydrogens (tertiary/aromatic N) is 1. The van der Waals surface area contributed by atoms with E-state index >= 15 is 0 Å². The maximum Gasteiger partial charge on any atom is 0.308 e. The molecule has 21 heavy (non-hydrogen) atoms. The van der Waals surface area contributed by atoms with Gasteiger partial charge < -0.3 is 15.3 Å². The van der Waals surface area contributed by atoms with Crippen LogP contribution in [0.5, 0.6) is 0 Å². The van der Waals surface area contributed by atoms with Crippen molar-refractivity contribution in [2.24, 2.45) is 11.3 Å². The first-order valence-corrected chi connectivity index (χ1v) is 7.40. The fraction of sp³-hybridized carbons (Fsp3) is 0.800. The average Bonchev–Trinajstić information content (AvgIpc) is 2.84. The SMILES string of the molecule is CC(NC(=O)C1CCCN1C(=O)C(C)(C)C)C(C)C(=O)O. The van der Waals surface area contributed by atoms with Gasteiger partial charge in [0.2, 0.25) is 11.8 Å². The molecule has 120 valence electrons. The van der Waals surface area contributed by atoms with Crippen molar-refractivity contribution in [2.45, 2.75) is 59.5 Å². The molecular weight excluding hydrogens is 272 g/mol. The van der Waals surface area contributed by atoms with Crippen LogP contribution in [-0.2, 0) is 14.4 Å². The summed E-state index contributed by atoms with van der Waals surface area (Å²) in [5.74, 6) is -1.91. The van der Waals surface area contributed by atoms with Crippen molar-refractivity contribution in [3.63, 3.8) is 0 Å². The standard InChI is InChI=1S/C15H26N2O4/c1-9(13(19)20)10(2)16-12(18)11-7-6-8-17(11)14(21)15(3,4)5/h9-11H,6-8H2,1-5H3,(H,16,18)(H,19,20). The van der Waals surface area contributed by atoms with E-state index in [1.165, 1.54) is 0 Å². The van der Waals surface area contributed by atoms with Crippen molar-refractivity contribution in [2.75, 3.05) is 6.54 Å². The van der Waals surface area contributed by atoms with E-state index in [2.05, 4.69) is 5.32 Å². The molecular formula is C15H26N2O4. The molecule has 1 saturated heterocycles. The zero-order valence-electron chi connectivity index (χ0n) is 13.5. The summed E-state index contributed by atoms with van der Waals surface area (Å²) >= 11 is 0. The average molecular weight is 298 g/mol. The Balaban J connectivity index is 2.73. The summed E-state index contributed by atoms with van der Waals surface area (Å²) in [6.07, 6.45) is 1.42. The second kappa shape index (κ2) is 6.45. The maximum absolute atomic E-state index is 12.4. The number of nitrogens with one attached hydrogen (secondary N) is 1. The van der Waals surface area contributed by atoms with Crippen LogP contribution in [-0.4, -0.2) is 46.4 Å². The fourth-order valence-corrected chi connectivity index (χ4v) is 2.37. The molecule has 6 heteroatoms. The molecule has 0 aromatic rings. The molecule has 0 spiro atoms. The Morgan fingerprint density at radius 2 is 1.81 bits per heavy atom. The first-order chi connectivity index (χ1) is 9.55. The van der Waals surface area contributed by atoms with Crippen molar-refractivity contribution in [3.05, 3.63) is 0 Å². The maximum atomic E-state index is 12.4. The minimum atomic E-state index is -0.947. The van der Waals surface area contributed by atoms with E-state index < -0.39 is 29.4 Å². The Labute approximate surface area is 125 Å². The summed E-state index contributed by atoms with van der Waals surface area (Å²) < 4.78 is 0. The quantitative estimate of drug-likeness (QED) is 0.817. The van der Waals surface area contributed by atoms with Gasteiger partial charge in [-0.15, -0.1) is 0 Å². The molecule has 1 fully saturated rings. The lowest BCUT2D eigenvalue weighted by molar-refractivity contribution is -0.146. The van der Waals surface area contributed by atoms with Gasteiger partial charge in [-0.2, -0.15) is 0 Å². The molecule has 0 bridgehead atoms. The number of hydrogen-bond acceptors (Lipinski definition) is 3.